The van der Waals surface area contributed by atoms with Gasteiger partial charge in [-0.25, -0.2) is 0 Å². The van der Waals surface area contributed by atoms with Gasteiger partial charge in [-0.2, -0.15) is 4.98 Å². The van der Waals surface area contributed by atoms with Gasteiger partial charge in [0.2, 0.25) is 5.89 Å². The summed E-state index contributed by atoms with van der Waals surface area (Å²) in [5.41, 5.74) is 2.01. The second-order valence-electron chi connectivity index (χ2n) is 5.20. The molecule has 0 radical (unpaired) electrons. The maximum atomic E-state index is 9.15. The van der Waals surface area contributed by atoms with Crippen LogP contribution in [0.3, 0.4) is 0 Å². The van der Waals surface area contributed by atoms with Crippen molar-refractivity contribution in [2.75, 3.05) is 0 Å². The molecule has 0 aliphatic heterocycles. The van der Waals surface area contributed by atoms with E-state index in [1.165, 1.54) is 0 Å². The van der Waals surface area contributed by atoms with Gasteiger partial charge in [-0.1, -0.05) is 25.1 Å². The van der Waals surface area contributed by atoms with E-state index in [0.717, 1.165) is 16.5 Å². The van der Waals surface area contributed by atoms with E-state index in [-0.39, 0.29) is 12.5 Å². The van der Waals surface area contributed by atoms with Gasteiger partial charge < -0.3 is 14.2 Å². The number of aliphatic hydroxyl groups excluding tert-OH is 1. The Kier molecular flexibility index (Phi) is 3.28. The predicted octanol–water partition coefficient (Wildman–Crippen LogP) is 2.69. The molecule has 0 amide bonds. The van der Waals surface area contributed by atoms with Gasteiger partial charge in [-0.3, -0.25) is 0 Å². The van der Waals surface area contributed by atoms with Crippen LogP contribution in [0.5, 0.6) is 0 Å². The van der Waals surface area contributed by atoms with Crippen molar-refractivity contribution >= 4 is 10.9 Å². The zero-order valence-corrected chi connectivity index (χ0v) is 11.6. The molecule has 0 spiro atoms. The fourth-order valence-electron chi connectivity index (χ4n) is 2.20. The fraction of sp³-hybridized carbons (Fsp3) is 0.333. The number of fused-ring (bicyclic) bond motifs is 1. The van der Waals surface area contributed by atoms with E-state index in [9.17, 15) is 0 Å². The number of rotatable bonds is 4. The summed E-state index contributed by atoms with van der Waals surface area (Å²) < 4.78 is 7.29. The zero-order chi connectivity index (χ0) is 14.1. The lowest BCUT2D eigenvalue weighted by atomic mass is 10.2. The third-order valence-corrected chi connectivity index (χ3v) is 3.31. The number of hydrogen-bond acceptors (Lipinski definition) is 4. The van der Waals surface area contributed by atoms with Crippen molar-refractivity contribution in [1.82, 2.24) is 14.7 Å². The van der Waals surface area contributed by atoms with Crippen LogP contribution in [0, 0.1) is 0 Å². The first-order valence-electron chi connectivity index (χ1n) is 6.68. The molecule has 0 fully saturated rings. The van der Waals surface area contributed by atoms with Gasteiger partial charge in [0.25, 0.3) is 0 Å². The van der Waals surface area contributed by atoms with Crippen molar-refractivity contribution in [3.8, 4) is 0 Å². The third kappa shape index (κ3) is 2.32. The van der Waals surface area contributed by atoms with Gasteiger partial charge in [0.15, 0.2) is 5.82 Å². The molecule has 2 aromatic heterocycles. The molecule has 0 saturated heterocycles. The average molecular weight is 271 g/mol. The summed E-state index contributed by atoms with van der Waals surface area (Å²) in [5.74, 6) is 1.58. The smallest absolute Gasteiger partial charge is 0.229 e. The van der Waals surface area contributed by atoms with Crippen molar-refractivity contribution in [3.63, 3.8) is 0 Å². The Morgan fingerprint density at radius 3 is 2.85 bits per heavy atom. The van der Waals surface area contributed by atoms with Crippen LogP contribution in [0.15, 0.2) is 35.0 Å². The maximum Gasteiger partial charge on any atom is 0.229 e. The molecule has 1 N–H and O–H groups in total. The van der Waals surface area contributed by atoms with Crippen LogP contribution in [0.2, 0.25) is 0 Å². The highest BCUT2D eigenvalue weighted by atomic mass is 16.5. The summed E-state index contributed by atoms with van der Waals surface area (Å²) >= 11 is 0. The van der Waals surface area contributed by atoms with E-state index in [0.29, 0.717) is 18.3 Å². The van der Waals surface area contributed by atoms with Gasteiger partial charge in [0.1, 0.15) is 0 Å². The Balaban J connectivity index is 1.90. The Morgan fingerprint density at radius 1 is 1.30 bits per heavy atom. The summed E-state index contributed by atoms with van der Waals surface area (Å²) in [7, 11) is 0. The topological polar surface area (TPSA) is 64.1 Å². The van der Waals surface area contributed by atoms with Crippen LogP contribution < -0.4 is 0 Å². The lowest BCUT2D eigenvalue weighted by molar-refractivity contribution is 0.282. The molecule has 20 heavy (non-hydrogen) atoms. The van der Waals surface area contributed by atoms with Gasteiger partial charge in [0.05, 0.1) is 13.2 Å². The largest absolute Gasteiger partial charge is 0.392 e. The molecule has 2 heterocycles. The Hall–Kier alpha value is -2.14. The minimum atomic E-state index is 0.0592. The molecule has 0 saturated carbocycles. The molecule has 0 aliphatic carbocycles. The maximum absolute atomic E-state index is 9.15. The molecule has 3 rings (SSSR count). The van der Waals surface area contributed by atoms with E-state index in [4.69, 9.17) is 9.63 Å². The molecule has 104 valence electrons. The molecule has 0 aliphatic rings. The van der Waals surface area contributed by atoms with Crippen LogP contribution in [-0.4, -0.2) is 19.8 Å². The molecular weight excluding hydrogens is 254 g/mol. The second kappa shape index (κ2) is 5.09. The molecule has 1 aromatic carbocycles. The number of aromatic nitrogens is 3. The van der Waals surface area contributed by atoms with Crippen LogP contribution in [0.4, 0.5) is 0 Å². The van der Waals surface area contributed by atoms with Crippen molar-refractivity contribution in [3.05, 3.63) is 47.7 Å². The lowest BCUT2D eigenvalue weighted by Crippen LogP contribution is -2.00. The van der Waals surface area contributed by atoms with Crippen LogP contribution in [0.25, 0.3) is 10.9 Å². The molecule has 0 unspecified atom stereocenters. The van der Waals surface area contributed by atoms with Crippen molar-refractivity contribution in [2.24, 2.45) is 0 Å². The van der Waals surface area contributed by atoms with Gasteiger partial charge in [-0.15, -0.1) is 0 Å². The van der Waals surface area contributed by atoms with Gasteiger partial charge >= 0.3 is 0 Å². The summed E-state index contributed by atoms with van der Waals surface area (Å²) in [6.45, 7) is 4.69. The minimum Gasteiger partial charge on any atom is -0.392 e. The minimum absolute atomic E-state index is 0.0592. The van der Waals surface area contributed by atoms with Gasteiger partial charge in [-0.05, 0) is 29.1 Å². The van der Waals surface area contributed by atoms with E-state index < -0.39 is 0 Å². The van der Waals surface area contributed by atoms with Crippen LogP contribution in [-0.2, 0) is 13.2 Å². The monoisotopic (exact) mass is 271 g/mol. The zero-order valence-electron chi connectivity index (χ0n) is 11.6. The molecule has 5 heteroatoms. The first-order valence-corrected chi connectivity index (χ1v) is 6.68. The van der Waals surface area contributed by atoms with Crippen LogP contribution in [0.1, 0.15) is 37.0 Å². The normalized spacial score (nSPS) is 11.6. The highest BCUT2D eigenvalue weighted by Crippen LogP contribution is 2.19. The first kappa shape index (κ1) is 12.9. The lowest BCUT2D eigenvalue weighted by Gasteiger charge is -2.02. The quantitative estimate of drug-likeness (QED) is 0.792. The molecule has 3 aromatic rings. The van der Waals surface area contributed by atoms with Crippen molar-refractivity contribution < 1.29 is 9.63 Å². The van der Waals surface area contributed by atoms with Crippen LogP contribution >= 0.6 is 0 Å². The number of benzene rings is 1. The molecule has 0 bridgehead atoms. The summed E-state index contributed by atoms with van der Waals surface area (Å²) in [4.78, 5) is 4.39. The van der Waals surface area contributed by atoms with Crippen molar-refractivity contribution in [1.29, 1.82) is 0 Å². The predicted molar refractivity (Wildman–Crippen MR) is 75.3 cm³/mol. The second-order valence-corrected chi connectivity index (χ2v) is 5.20. The Bertz CT molecular complexity index is 728. The molecule has 0 atom stereocenters. The first-order chi connectivity index (χ1) is 9.67. The van der Waals surface area contributed by atoms with E-state index >= 15 is 0 Å². The SMILES string of the molecule is CC(C)c1nc(Cn2ccc3cc(CO)ccc32)no1. The van der Waals surface area contributed by atoms with Gasteiger partial charge in [0, 0.05) is 17.6 Å². The summed E-state index contributed by atoms with van der Waals surface area (Å²) in [6.07, 6.45) is 2.00. The Morgan fingerprint density at radius 2 is 2.15 bits per heavy atom. The number of hydrogen-bond donors (Lipinski definition) is 1. The fourth-order valence-corrected chi connectivity index (χ4v) is 2.20. The molecule has 5 nitrogen and oxygen atoms in total. The third-order valence-electron chi connectivity index (χ3n) is 3.31. The van der Waals surface area contributed by atoms with E-state index in [2.05, 4.69) is 14.7 Å². The average Bonchev–Trinajstić information content (AvgIpc) is 3.06. The standard InChI is InChI=1S/C15H17N3O2/c1-10(2)15-16-14(17-20-15)8-18-6-5-12-7-11(9-19)3-4-13(12)18/h3-7,10,19H,8-9H2,1-2H3. The number of nitrogens with zero attached hydrogens (tertiary/aromatic N) is 3. The highest BCUT2D eigenvalue weighted by Gasteiger charge is 2.11. The highest BCUT2D eigenvalue weighted by molar-refractivity contribution is 5.80. The molecular formula is C15H17N3O2. The summed E-state index contributed by atoms with van der Waals surface area (Å²) in [6, 6.07) is 7.94. The van der Waals surface area contributed by atoms with E-state index in [1.54, 1.807) is 0 Å². The summed E-state index contributed by atoms with van der Waals surface area (Å²) in [5, 5.41) is 14.3. The van der Waals surface area contributed by atoms with Crippen molar-refractivity contribution in [2.45, 2.75) is 32.9 Å². The van der Waals surface area contributed by atoms with E-state index in [1.807, 2.05) is 44.3 Å². The Labute approximate surface area is 116 Å². The number of aliphatic hydroxyl groups is 1.